The van der Waals surface area contributed by atoms with Crippen LogP contribution in [0.2, 0.25) is 0 Å². The minimum Gasteiger partial charge on any atom is -0.350 e. The van der Waals surface area contributed by atoms with E-state index in [2.05, 4.69) is 12.2 Å². The quantitative estimate of drug-likeness (QED) is 0.500. The smallest absolute Gasteiger partial charge is 0.283 e. The molecule has 0 aromatic heterocycles. The molecule has 0 radical (unpaired) electrons. The molecule has 4 rings (SSSR count). The Kier molecular flexibility index (Phi) is 5.96. The maximum Gasteiger partial charge on any atom is 0.283 e. The summed E-state index contributed by atoms with van der Waals surface area (Å²) in [5.74, 6) is -0.632. The fraction of sp³-hybridized carbons (Fsp3) is 0.154. The van der Waals surface area contributed by atoms with E-state index in [0.717, 1.165) is 33.7 Å². The summed E-state index contributed by atoms with van der Waals surface area (Å²) in [7, 11) is 0. The highest BCUT2D eigenvalue weighted by Gasteiger charge is 2.41. The SMILES string of the molecule is CCc1ccccc1NC1=C(Sc2ccccc2)C(=O)N(c2cc(C)ccc2C)C1=O. The third-order valence-electron chi connectivity index (χ3n) is 5.27. The molecule has 3 aromatic rings. The number of imide groups is 1. The van der Waals surface area contributed by atoms with Crippen molar-refractivity contribution in [3.63, 3.8) is 0 Å². The first kappa shape index (κ1) is 20.9. The van der Waals surface area contributed by atoms with Gasteiger partial charge in [0, 0.05) is 10.6 Å². The number of para-hydroxylation sites is 1. The lowest BCUT2D eigenvalue weighted by molar-refractivity contribution is -0.120. The third kappa shape index (κ3) is 4.14. The summed E-state index contributed by atoms with van der Waals surface area (Å²) >= 11 is 1.32. The zero-order valence-electron chi connectivity index (χ0n) is 17.8. The molecule has 0 atom stereocenters. The monoisotopic (exact) mass is 428 g/mol. The maximum absolute atomic E-state index is 13.6. The first-order valence-electron chi connectivity index (χ1n) is 10.3. The van der Waals surface area contributed by atoms with Gasteiger partial charge in [0.25, 0.3) is 11.8 Å². The van der Waals surface area contributed by atoms with Gasteiger partial charge in [-0.3, -0.25) is 9.59 Å². The molecule has 0 aliphatic carbocycles. The number of anilines is 2. The summed E-state index contributed by atoms with van der Waals surface area (Å²) in [6.45, 7) is 5.94. The van der Waals surface area contributed by atoms with Gasteiger partial charge in [0.15, 0.2) is 0 Å². The van der Waals surface area contributed by atoms with E-state index in [9.17, 15) is 9.59 Å². The van der Waals surface area contributed by atoms with E-state index >= 15 is 0 Å². The maximum atomic E-state index is 13.6. The van der Waals surface area contributed by atoms with E-state index in [1.807, 2.05) is 86.6 Å². The second-order valence-corrected chi connectivity index (χ2v) is 8.57. The number of amides is 2. The highest BCUT2D eigenvalue weighted by molar-refractivity contribution is 8.04. The van der Waals surface area contributed by atoms with Gasteiger partial charge in [0.2, 0.25) is 0 Å². The molecule has 3 aromatic carbocycles. The first-order chi connectivity index (χ1) is 15.0. The van der Waals surface area contributed by atoms with Crippen molar-refractivity contribution in [2.45, 2.75) is 32.1 Å². The number of nitrogens with one attached hydrogen (secondary N) is 1. The van der Waals surface area contributed by atoms with Gasteiger partial charge in [-0.05, 0) is 61.2 Å². The summed E-state index contributed by atoms with van der Waals surface area (Å²) in [6, 6.07) is 23.3. The van der Waals surface area contributed by atoms with Crippen molar-refractivity contribution >= 4 is 35.0 Å². The van der Waals surface area contributed by atoms with Gasteiger partial charge in [-0.2, -0.15) is 0 Å². The first-order valence-corrected chi connectivity index (χ1v) is 11.1. The number of hydrogen-bond acceptors (Lipinski definition) is 4. The minimum absolute atomic E-state index is 0.302. The molecule has 0 saturated carbocycles. The molecule has 1 aliphatic heterocycles. The fourth-order valence-electron chi connectivity index (χ4n) is 3.59. The molecule has 0 saturated heterocycles. The summed E-state index contributed by atoms with van der Waals surface area (Å²) in [6.07, 6.45) is 0.820. The topological polar surface area (TPSA) is 49.4 Å². The Hall–Kier alpha value is -3.31. The number of thioether (sulfide) groups is 1. The van der Waals surface area contributed by atoms with Crippen molar-refractivity contribution in [1.29, 1.82) is 0 Å². The van der Waals surface area contributed by atoms with Crippen LogP contribution in [0.4, 0.5) is 11.4 Å². The number of benzene rings is 3. The van der Waals surface area contributed by atoms with Gasteiger partial charge in [-0.1, -0.05) is 67.2 Å². The van der Waals surface area contributed by atoms with Gasteiger partial charge < -0.3 is 5.32 Å². The molecule has 0 unspecified atom stereocenters. The zero-order valence-corrected chi connectivity index (χ0v) is 18.6. The van der Waals surface area contributed by atoms with Crippen molar-refractivity contribution in [2.75, 3.05) is 10.2 Å². The largest absolute Gasteiger partial charge is 0.350 e. The van der Waals surface area contributed by atoms with Crippen molar-refractivity contribution in [1.82, 2.24) is 0 Å². The molecule has 0 bridgehead atoms. The molecule has 1 N–H and O–H groups in total. The number of carbonyl (C=O) groups excluding carboxylic acids is 2. The average Bonchev–Trinajstić information content (AvgIpc) is 3.00. The lowest BCUT2D eigenvalue weighted by atomic mass is 10.1. The minimum atomic E-state index is -0.331. The van der Waals surface area contributed by atoms with Gasteiger partial charge in [0.05, 0.1) is 5.69 Å². The Bertz CT molecular complexity index is 1190. The normalized spacial score (nSPS) is 13.8. The van der Waals surface area contributed by atoms with Crippen LogP contribution in [-0.2, 0) is 16.0 Å². The molecule has 4 nitrogen and oxygen atoms in total. The Morgan fingerprint density at radius 2 is 1.58 bits per heavy atom. The highest BCUT2D eigenvalue weighted by atomic mass is 32.2. The molecule has 0 spiro atoms. The van der Waals surface area contributed by atoms with Gasteiger partial charge >= 0.3 is 0 Å². The summed E-state index contributed by atoms with van der Waals surface area (Å²) in [5, 5.41) is 3.29. The predicted octanol–water partition coefficient (Wildman–Crippen LogP) is 5.86. The Morgan fingerprint density at radius 3 is 2.32 bits per heavy atom. The molecule has 2 amide bonds. The van der Waals surface area contributed by atoms with E-state index in [1.54, 1.807) is 0 Å². The van der Waals surface area contributed by atoms with Crippen LogP contribution in [-0.4, -0.2) is 11.8 Å². The average molecular weight is 429 g/mol. The van der Waals surface area contributed by atoms with Gasteiger partial charge in [0.1, 0.15) is 10.6 Å². The van der Waals surface area contributed by atoms with Crippen LogP contribution < -0.4 is 10.2 Å². The molecular weight excluding hydrogens is 404 g/mol. The Morgan fingerprint density at radius 1 is 0.871 bits per heavy atom. The molecule has 1 aliphatic rings. The summed E-state index contributed by atoms with van der Waals surface area (Å²) in [4.78, 5) is 29.7. The Balaban J connectivity index is 1.80. The third-order valence-corrected chi connectivity index (χ3v) is 6.36. The van der Waals surface area contributed by atoms with E-state index in [-0.39, 0.29) is 11.8 Å². The number of carbonyl (C=O) groups is 2. The predicted molar refractivity (Wildman–Crippen MR) is 127 cm³/mol. The fourth-order valence-corrected chi connectivity index (χ4v) is 4.53. The molecule has 5 heteroatoms. The van der Waals surface area contributed by atoms with Crippen LogP contribution in [0.25, 0.3) is 0 Å². The van der Waals surface area contributed by atoms with E-state index < -0.39 is 0 Å². The second kappa shape index (κ2) is 8.82. The summed E-state index contributed by atoms with van der Waals surface area (Å²) in [5.41, 5.74) is 4.75. The number of hydrogen-bond donors (Lipinski definition) is 1. The lowest BCUT2D eigenvalue weighted by Gasteiger charge is -2.18. The molecule has 1 heterocycles. The van der Waals surface area contributed by atoms with Crippen LogP contribution in [0.15, 0.2) is 88.3 Å². The van der Waals surface area contributed by atoms with Crippen molar-refractivity contribution in [3.8, 4) is 0 Å². The van der Waals surface area contributed by atoms with Gasteiger partial charge in [-0.15, -0.1) is 0 Å². The van der Waals surface area contributed by atoms with Crippen molar-refractivity contribution < 1.29 is 9.59 Å². The van der Waals surface area contributed by atoms with Crippen LogP contribution >= 0.6 is 11.8 Å². The standard InChI is InChI=1S/C26H24N2O2S/c1-4-19-10-8-9-13-21(19)27-23-24(31-20-11-6-5-7-12-20)26(30)28(25(23)29)22-16-17(2)14-15-18(22)3/h5-16,27H,4H2,1-3H3. The van der Waals surface area contributed by atoms with Crippen LogP contribution in [0.3, 0.4) is 0 Å². The van der Waals surface area contributed by atoms with Crippen molar-refractivity contribution in [2.24, 2.45) is 0 Å². The van der Waals surface area contributed by atoms with E-state index in [4.69, 9.17) is 0 Å². The van der Waals surface area contributed by atoms with Crippen LogP contribution in [0.1, 0.15) is 23.6 Å². The van der Waals surface area contributed by atoms with Crippen molar-refractivity contribution in [3.05, 3.63) is 100 Å². The van der Waals surface area contributed by atoms with E-state index in [0.29, 0.717) is 16.3 Å². The van der Waals surface area contributed by atoms with E-state index in [1.165, 1.54) is 16.7 Å². The van der Waals surface area contributed by atoms with Crippen LogP contribution in [0, 0.1) is 13.8 Å². The molecule has 31 heavy (non-hydrogen) atoms. The van der Waals surface area contributed by atoms with Gasteiger partial charge in [-0.25, -0.2) is 4.90 Å². The highest BCUT2D eigenvalue weighted by Crippen LogP contribution is 2.39. The summed E-state index contributed by atoms with van der Waals surface area (Å²) < 4.78 is 0. The number of aryl methyl sites for hydroxylation is 3. The Labute approximate surface area is 187 Å². The molecule has 156 valence electrons. The second-order valence-electron chi connectivity index (χ2n) is 7.49. The zero-order chi connectivity index (χ0) is 22.0. The lowest BCUT2D eigenvalue weighted by Crippen LogP contribution is -2.33. The number of nitrogens with zero attached hydrogens (tertiary/aromatic N) is 1. The molecule has 0 fully saturated rings. The van der Waals surface area contributed by atoms with Crippen LogP contribution in [0.5, 0.6) is 0 Å². The number of rotatable bonds is 6. The molecular formula is C26H24N2O2S.